The predicted molar refractivity (Wildman–Crippen MR) is 69.0 cm³/mol. The molecule has 0 aromatic carbocycles. The maximum Gasteiger partial charge on any atom is 0.353 e. The maximum absolute atomic E-state index is 11.9. The van der Waals surface area contributed by atoms with Gasteiger partial charge in [0, 0.05) is 11.8 Å². The van der Waals surface area contributed by atoms with Gasteiger partial charge >= 0.3 is 5.69 Å². The van der Waals surface area contributed by atoms with Gasteiger partial charge in [0.1, 0.15) is 24.1 Å². The second-order valence-electron chi connectivity index (χ2n) is 4.87. The number of nitrogens with zero attached hydrogens (tertiary/aromatic N) is 2. The molecule has 1 aromatic heterocycles. The van der Waals surface area contributed by atoms with Crippen LogP contribution in [-0.4, -0.2) is 71.2 Å². The number of rotatable bonds is 3. The Hall–Kier alpha value is -1.60. The van der Waals surface area contributed by atoms with E-state index in [0.717, 1.165) is 6.20 Å². The SMILES string of the molecule is Nc1c(CO)cnc(=O)n1C1(O)O[C@H](CO)[C@@H](O)[C@H](O)[C@H]1O. The molecule has 22 heavy (non-hydrogen) atoms. The minimum Gasteiger partial charge on any atom is -0.394 e. The zero-order chi connectivity index (χ0) is 16.7. The number of aliphatic hydroxyl groups excluding tert-OH is 5. The minimum absolute atomic E-state index is 0.0371. The van der Waals surface area contributed by atoms with Gasteiger partial charge in [-0.05, 0) is 0 Å². The summed E-state index contributed by atoms with van der Waals surface area (Å²) in [5, 5.41) is 58.1. The van der Waals surface area contributed by atoms with Crippen LogP contribution in [0, 0.1) is 0 Å². The third kappa shape index (κ3) is 2.38. The van der Waals surface area contributed by atoms with Gasteiger partial charge in [-0.2, -0.15) is 0 Å². The largest absolute Gasteiger partial charge is 0.394 e. The lowest BCUT2D eigenvalue weighted by Crippen LogP contribution is -2.67. The second kappa shape index (κ2) is 5.89. The fourth-order valence-corrected chi connectivity index (χ4v) is 2.26. The van der Waals surface area contributed by atoms with Gasteiger partial charge in [-0.15, -0.1) is 0 Å². The summed E-state index contributed by atoms with van der Waals surface area (Å²) >= 11 is 0. The number of hydrogen-bond donors (Lipinski definition) is 7. The van der Waals surface area contributed by atoms with Crippen molar-refractivity contribution in [3.8, 4) is 0 Å². The van der Waals surface area contributed by atoms with E-state index < -0.39 is 55.0 Å². The maximum atomic E-state index is 11.9. The normalized spacial score (nSPS) is 35.5. The molecule has 0 amide bonds. The summed E-state index contributed by atoms with van der Waals surface area (Å²) in [7, 11) is 0. The summed E-state index contributed by atoms with van der Waals surface area (Å²) < 4.78 is 5.31. The highest BCUT2D eigenvalue weighted by Gasteiger charge is 2.55. The monoisotopic (exact) mass is 319 g/mol. The van der Waals surface area contributed by atoms with Gasteiger partial charge in [-0.1, -0.05) is 0 Å². The lowest BCUT2D eigenvalue weighted by molar-refractivity contribution is -0.391. The fourth-order valence-electron chi connectivity index (χ4n) is 2.26. The van der Waals surface area contributed by atoms with Gasteiger partial charge in [0.25, 0.3) is 5.91 Å². The van der Waals surface area contributed by atoms with Crippen molar-refractivity contribution in [2.75, 3.05) is 12.3 Å². The van der Waals surface area contributed by atoms with Crippen LogP contribution in [0.5, 0.6) is 0 Å². The molecule has 2 heterocycles. The molecule has 5 atom stereocenters. The van der Waals surface area contributed by atoms with Crippen molar-refractivity contribution in [3.05, 3.63) is 22.2 Å². The van der Waals surface area contributed by atoms with E-state index in [1.54, 1.807) is 0 Å². The smallest absolute Gasteiger partial charge is 0.353 e. The summed E-state index contributed by atoms with van der Waals surface area (Å²) in [6.07, 6.45) is -6.32. The lowest BCUT2D eigenvalue weighted by Gasteiger charge is -2.45. The average Bonchev–Trinajstić information content (AvgIpc) is 2.49. The number of hydrogen-bond acceptors (Lipinski definition) is 10. The van der Waals surface area contributed by atoms with Crippen molar-refractivity contribution in [2.24, 2.45) is 0 Å². The first-order valence-corrected chi connectivity index (χ1v) is 6.31. The van der Waals surface area contributed by atoms with Crippen molar-refractivity contribution in [1.29, 1.82) is 0 Å². The van der Waals surface area contributed by atoms with Crippen molar-refractivity contribution in [2.45, 2.75) is 36.9 Å². The zero-order valence-electron chi connectivity index (χ0n) is 11.3. The van der Waals surface area contributed by atoms with Crippen LogP contribution in [0.1, 0.15) is 5.56 Å². The lowest BCUT2D eigenvalue weighted by atomic mass is 9.96. The number of aliphatic hydroxyl groups is 6. The van der Waals surface area contributed by atoms with E-state index in [9.17, 15) is 25.2 Å². The highest BCUT2D eigenvalue weighted by molar-refractivity contribution is 5.38. The van der Waals surface area contributed by atoms with Crippen LogP contribution in [0.25, 0.3) is 0 Å². The first-order valence-electron chi connectivity index (χ1n) is 6.31. The third-order valence-electron chi connectivity index (χ3n) is 3.53. The van der Waals surface area contributed by atoms with Crippen molar-refractivity contribution in [3.63, 3.8) is 0 Å². The van der Waals surface area contributed by atoms with Gasteiger partial charge < -0.3 is 41.1 Å². The summed E-state index contributed by atoms with van der Waals surface area (Å²) in [5.41, 5.74) is 4.48. The van der Waals surface area contributed by atoms with E-state index in [1.807, 2.05) is 0 Å². The van der Waals surface area contributed by atoms with Crippen molar-refractivity contribution < 1.29 is 35.4 Å². The first kappa shape index (κ1) is 16.8. The number of nitrogen functional groups attached to an aromatic ring is 1. The summed E-state index contributed by atoms with van der Waals surface area (Å²) in [6, 6.07) is 0. The first-order chi connectivity index (χ1) is 10.3. The number of nitrogens with two attached hydrogens (primary N) is 1. The molecule has 11 heteroatoms. The van der Waals surface area contributed by atoms with Gasteiger partial charge in [0.2, 0.25) is 0 Å². The van der Waals surface area contributed by atoms with Crippen molar-refractivity contribution in [1.82, 2.24) is 9.55 Å². The van der Waals surface area contributed by atoms with Gasteiger partial charge in [0.15, 0.2) is 6.10 Å². The van der Waals surface area contributed by atoms with Crippen LogP contribution in [0.3, 0.4) is 0 Å². The second-order valence-corrected chi connectivity index (χ2v) is 4.87. The van der Waals surface area contributed by atoms with Gasteiger partial charge in [0.05, 0.1) is 13.2 Å². The molecule has 1 aliphatic heterocycles. The predicted octanol–water partition coefficient (Wildman–Crippen LogP) is -4.61. The molecule has 11 nitrogen and oxygen atoms in total. The third-order valence-corrected chi connectivity index (χ3v) is 3.53. The van der Waals surface area contributed by atoms with Crippen LogP contribution >= 0.6 is 0 Å². The quantitative estimate of drug-likeness (QED) is 0.285. The van der Waals surface area contributed by atoms with Crippen LogP contribution in [0.2, 0.25) is 0 Å². The molecule has 1 aliphatic rings. The zero-order valence-corrected chi connectivity index (χ0v) is 11.3. The van der Waals surface area contributed by atoms with E-state index in [2.05, 4.69) is 4.98 Å². The number of aromatic nitrogens is 2. The molecule has 1 saturated heterocycles. The molecule has 0 aliphatic carbocycles. The van der Waals surface area contributed by atoms with E-state index >= 15 is 0 Å². The molecule has 0 bridgehead atoms. The number of ether oxygens (including phenoxy) is 1. The highest BCUT2D eigenvalue weighted by atomic mass is 16.7. The van der Waals surface area contributed by atoms with Crippen LogP contribution in [0.15, 0.2) is 11.0 Å². The molecule has 124 valence electrons. The summed E-state index contributed by atoms with van der Waals surface area (Å²) in [5.74, 6) is -3.34. The summed E-state index contributed by atoms with van der Waals surface area (Å²) in [6.45, 7) is -1.42. The summed E-state index contributed by atoms with van der Waals surface area (Å²) in [4.78, 5) is 15.2. The molecule has 1 unspecified atom stereocenters. The molecular formula is C11H17N3O8. The standard InChI is InChI=1S/C11H17N3O8/c12-9-4(2-15)1-13-10(20)14(9)11(21)8(19)7(18)6(17)5(3-16)22-11/h1,5-8,15-19,21H,2-3,12H2/t5-,6-,7+,8-,11?/m1/s1. The number of anilines is 1. The Morgan fingerprint density at radius 2 is 1.95 bits per heavy atom. The van der Waals surface area contributed by atoms with Crippen LogP contribution in [0.4, 0.5) is 5.82 Å². The minimum atomic E-state index is -2.88. The Balaban J connectivity index is 2.61. The molecule has 8 N–H and O–H groups in total. The molecule has 0 radical (unpaired) electrons. The molecule has 0 saturated carbocycles. The molecule has 2 rings (SSSR count). The Kier molecular flexibility index (Phi) is 4.49. The Morgan fingerprint density at radius 1 is 1.32 bits per heavy atom. The molecular weight excluding hydrogens is 302 g/mol. The molecule has 1 aromatic rings. The Labute approximate surface area is 123 Å². The van der Waals surface area contributed by atoms with Crippen LogP contribution in [-0.2, 0) is 17.3 Å². The average molecular weight is 319 g/mol. The molecule has 1 fully saturated rings. The Morgan fingerprint density at radius 3 is 2.50 bits per heavy atom. The topological polar surface area (TPSA) is 192 Å². The van der Waals surface area contributed by atoms with E-state index in [-0.39, 0.29) is 5.56 Å². The van der Waals surface area contributed by atoms with Gasteiger partial charge in [-0.25, -0.2) is 14.3 Å². The highest BCUT2D eigenvalue weighted by Crippen LogP contribution is 2.33. The van der Waals surface area contributed by atoms with Crippen LogP contribution < -0.4 is 11.4 Å². The van der Waals surface area contributed by atoms with E-state index in [0.29, 0.717) is 4.57 Å². The Bertz CT molecular complexity index is 605. The van der Waals surface area contributed by atoms with E-state index in [1.165, 1.54) is 0 Å². The molecule has 0 spiro atoms. The fraction of sp³-hybridized carbons (Fsp3) is 0.636. The van der Waals surface area contributed by atoms with Crippen molar-refractivity contribution >= 4 is 5.82 Å². The van der Waals surface area contributed by atoms with Gasteiger partial charge in [-0.3, -0.25) is 0 Å². The van der Waals surface area contributed by atoms with E-state index in [4.69, 9.17) is 20.7 Å².